The van der Waals surface area contributed by atoms with Crippen molar-refractivity contribution < 1.29 is 4.74 Å². The molecular weight excluding hydrogens is 166 g/mol. The predicted molar refractivity (Wildman–Crippen MR) is 50.2 cm³/mol. The minimum absolute atomic E-state index is 0.641. The molecule has 65 valence electrons. The van der Waals surface area contributed by atoms with Crippen molar-refractivity contribution in [3.8, 4) is 5.75 Å². The van der Waals surface area contributed by atoms with Crippen LogP contribution in [0.5, 0.6) is 5.75 Å². The number of methoxy groups -OCH3 is 1. The second-order valence-electron chi connectivity index (χ2n) is 2.51. The number of amidine groups is 1. The fraction of sp³-hybridized carbons (Fsp3) is 0.111. The zero-order chi connectivity index (χ0) is 9.10. The van der Waals surface area contributed by atoms with Crippen LogP contribution in [0.1, 0.15) is 5.56 Å². The van der Waals surface area contributed by atoms with E-state index in [9.17, 15) is 0 Å². The summed E-state index contributed by atoms with van der Waals surface area (Å²) in [5.41, 5.74) is 4.59. The summed E-state index contributed by atoms with van der Waals surface area (Å²) in [6, 6.07) is 7.53. The first kappa shape index (κ1) is 7.79. The summed E-state index contributed by atoms with van der Waals surface area (Å²) in [6.07, 6.45) is 1.43. The van der Waals surface area contributed by atoms with Gasteiger partial charge in [0.25, 0.3) is 0 Å². The molecule has 4 heteroatoms. The van der Waals surface area contributed by atoms with E-state index in [1.807, 2.05) is 24.3 Å². The van der Waals surface area contributed by atoms with Gasteiger partial charge < -0.3 is 4.74 Å². The molecule has 0 unspecified atom stereocenters. The van der Waals surface area contributed by atoms with Crippen LogP contribution in [-0.2, 0) is 0 Å². The van der Waals surface area contributed by atoms with E-state index in [-0.39, 0.29) is 0 Å². The molecule has 0 aliphatic carbocycles. The molecule has 0 atom stereocenters. The number of hydrogen-bond acceptors (Lipinski definition) is 3. The van der Waals surface area contributed by atoms with Crippen molar-refractivity contribution in [1.29, 1.82) is 0 Å². The molecule has 1 aliphatic heterocycles. The number of ether oxygens (including phenoxy) is 1. The van der Waals surface area contributed by atoms with Crippen molar-refractivity contribution in [2.24, 2.45) is 10.1 Å². The largest absolute Gasteiger partial charge is 0.497 e. The average molecular weight is 174 g/mol. The second kappa shape index (κ2) is 3.26. The molecule has 1 heterocycles. The second-order valence-corrected chi connectivity index (χ2v) is 2.51. The Morgan fingerprint density at radius 1 is 1.15 bits per heavy atom. The summed E-state index contributed by atoms with van der Waals surface area (Å²) < 4.78 is 5.03. The first-order valence-electron chi connectivity index (χ1n) is 3.85. The molecule has 0 bridgehead atoms. The monoisotopic (exact) mass is 174 g/mol. The van der Waals surface area contributed by atoms with E-state index in [1.54, 1.807) is 7.11 Å². The Balaban J connectivity index is 2.27. The quantitative estimate of drug-likeness (QED) is 0.659. The van der Waals surface area contributed by atoms with Gasteiger partial charge in [-0.3, -0.25) is 0 Å². The minimum atomic E-state index is 0.641. The number of benzene rings is 1. The van der Waals surface area contributed by atoms with E-state index < -0.39 is 0 Å². The van der Waals surface area contributed by atoms with Crippen LogP contribution in [-0.4, -0.2) is 19.3 Å². The van der Waals surface area contributed by atoms with Gasteiger partial charge in [-0.25, -0.2) is 4.99 Å². The van der Waals surface area contributed by atoms with E-state index in [4.69, 9.17) is 4.74 Å². The smallest absolute Gasteiger partial charge is 0.183 e. The van der Waals surface area contributed by atoms with E-state index in [0.717, 1.165) is 11.3 Å². The highest BCUT2D eigenvalue weighted by atomic mass is 16.5. The van der Waals surface area contributed by atoms with Crippen LogP contribution in [0.25, 0.3) is 0 Å². The Morgan fingerprint density at radius 2 is 1.92 bits per heavy atom. The molecule has 0 saturated carbocycles. The summed E-state index contributed by atoms with van der Waals surface area (Å²) in [5.74, 6) is 1.46. The van der Waals surface area contributed by atoms with Crippen molar-refractivity contribution in [2.75, 3.05) is 7.11 Å². The molecule has 0 saturated heterocycles. The molecule has 0 spiro atoms. The molecular formula is C9H8N3O. The van der Waals surface area contributed by atoms with Gasteiger partial charge in [0, 0.05) is 5.56 Å². The van der Waals surface area contributed by atoms with Crippen molar-refractivity contribution >= 4 is 12.2 Å². The zero-order valence-electron chi connectivity index (χ0n) is 7.14. The molecule has 1 radical (unpaired) electrons. The van der Waals surface area contributed by atoms with Crippen LogP contribution in [0.2, 0.25) is 0 Å². The van der Waals surface area contributed by atoms with Crippen molar-refractivity contribution in [2.45, 2.75) is 0 Å². The van der Waals surface area contributed by atoms with E-state index in [1.165, 1.54) is 6.34 Å². The van der Waals surface area contributed by atoms with Crippen molar-refractivity contribution in [3.63, 3.8) is 0 Å². The SMILES string of the molecule is COc1ccc(C2=N[N]C=N2)cc1. The normalized spacial score (nSPS) is 13.8. The highest BCUT2D eigenvalue weighted by Gasteiger charge is 2.05. The molecule has 0 fully saturated rings. The van der Waals surface area contributed by atoms with Crippen LogP contribution in [0.4, 0.5) is 0 Å². The van der Waals surface area contributed by atoms with Gasteiger partial charge in [0.05, 0.1) is 7.11 Å². The average Bonchev–Trinajstić information content (AvgIpc) is 2.71. The predicted octanol–water partition coefficient (Wildman–Crippen LogP) is 1.00. The summed E-state index contributed by atoms with van der Waals surface area (Å²) in [4.78, 5) is 3.98. The van der Waals surface area contributed by atoms with Gasteiger partial charge in [0.15, 0.2) is 5.84 Å². The van der Waals surface area contributed by atoms with Gasteiger partial charge in [-0.1, -0.05) is 0 Å². The summed E-state index contributed by atoms with van der Waals surface area (Å²) in [5, 5.41) is 3.84. The van der Waals surface area contributed by atoms with Gasteiger partial charge in [-0.05, 0) is 24.3 Å². The molecule has 4 nitrogen and oxygen atoms in total. The number of hydrogen-bond donors (Lipinski definition) is 0. The topological polar surface area (TPSA) is 48.0 Å². The lowest BCUT2D eigenvalue weighted by molar-refractivity contribution is 0.415. The van der Waals surface area contributed by atoms with Gasteiger partial charge in [0.2, 0.25) is 0 Å². The van der Waals surface area contributed by atoms with Crippen molar-refractivity contribution in [1.82, 2.24) is 5.43 Å². The number of aliphatic imine (C=N–C) groups is 1. The third-order valence-electron chi connectivity index (χ3n) is 1.73. The van der Waals surface area contributed by atoms with Crippen LogP contribution < -0.4 is 10.2 Å². The number of nitrogens with zero attached hydrogens (tertiary/aromatic N) is 3. The first-order valence-corrected chi connectivity index (χ1v) is 3.85. The molecule has 1 aliphatic rings. The van der Waals surface area contributed by atoms with Gasteiger partial charge in [-0.2, -0.15) is 0 Å². The maximum absolute atomic E-state index is 5.03. The minimum Gasteiger partial charge on any atom is -0.497 e. The number of rotatable bonds is 2. The molecule has 1 aromatic carbocycles. The lowest BCUT2D eigenvalue weighted by Gasteiger charge is -1.99. The first-order chi connectivity index (χ1) is 6.40. The lowest BCUT2D eigenvalue weighted by Crippen LogP contribution is -1.94. The molecule has 2 rings (SSSR count). The maximum Gasteiger partial charge on any atom is 0.183 e. The molecule has 0 aromatic heterocycles. The molecule has 13 heavy (non-hydrogen) atoms. The molecule has 0 amide bonds. The van der Waals surface area contributed by atoms with E-state index in [0.29, 0.717) is 5.84 Å². The van der Waals surface area contributed by atoms with E-state index >= 15 is 0 Å². The molecule has 1 aromatic rings. The van der Waals surface area contributed by atoms with Gasteiger partial charge in [-0.15, -0.1) is 10.5 Å². The zero-order valence-corrected chi connectivity index (χ0v) is 7.14. The maximum atomic E-state index is 5.03. The lowest BCUT2D eigenvalue weighted by atomic mass is 10.2. The Bertz CT molecular complexity index is 354. The Labute approximate surface area is 75.9 Å². The highest BCUT2D eigenvalue weighted by molar-refractivity contribution is 6.04. The Hall–Kier alpha value is -1.84. The summed E-state index contributed by atoms with van der Waals surface area (Å²) in [7, 11) is 1.63. The fourth-order valence-electron chi connectivity index (χ4n) is 1.06. The van der Waals surface area contributed by atoms with Gasteiger partial charge in [0.1, 0.15) is 12.1 Å². The highest BCUT2D eigenvalue weighted by Crippen LogP contribution is 2.12. The Morgan fingerprint density at radius 3 is 2.46 bits per heavy atom. The third-order valence-corrected chi connectivity index (χ3v) is 1.73. The summed E-state index contributed by atoms with van der Waals surface area (Å²) >= 11 is 0. The van der Waals surface area contributed by atoms with Crippen LogP contribution in [0, 0.1) is 0 Å². The standard InChI is InChI=1S/C9H8N3O/c1-13-8-4-2-7(3-5-8)9-10-6-11-12-9/h2-6H,1H3. The summed E-state index contributed by atoms with van der Waals surface area (Å²) in [6.45, 7) is 0. The van der Waals surface area contributed by atoms with Crippen LogP contribution in [0.3, 0.4) is 0 Å². The van der Waals surface area contributed by atoms with E-state index in [2.05, 4.69) is 15.5 Å². The Kier molecular flexibility index (Phi) is 1.96. The van der Waals surface area contributed by atoms with Crippen LogP contribution >= 0.6 is 0 Å². The fourth-order valence-corrected chi connectivity index (χ4v) is 1.06. The van der Waals surface area contributed by atoms with Gasteiger partial charge >= 0.3 is 0 Å². The van der Waals surface area contributed by atoms with Crippen molar-refractivity contribution in [3.05, 3.63) is 29.8 Å². The third kappa shape index (κ3) is 1.51. The molecule has 0 N–H and O–H groups in total. The van der Waals surface area contributed by atoms with Crippen LogP contribution in [0.15, 0.2) is 34.4 Å².